The van der Waals surface area contributed by atoms with Crippen LogP contribution in [0.3, 0.4) is 0 Å². The minimum atomic E-state index is 0.917. The highest BCUT2D eigenvalue weighted by molar-refractivity contribution is 4.88. The van der Waals surface area contributed by atoms with E-state index in [0.29, 0.717) is 0 Å². The summed E-state index contributed by atoms with van der Waals surface area (Å²) in [5.74, 6) is 1.06. The normalized spacial score (nSPS) is 40.8. The third-order valence-electron chi connectivity index (χ3n) is 3.05. The fourth-order valence-electron chi connectivity index (χ4n) is 2.22. The summed E-state index contributed by atoms with van der Waals surface area (Å²) in [6, 6.07) is 0.917. The lowest BCUT2D eigenvalue weighted by Gasteiger charge is -2.39. The van der Waals surface area contributed by atoms with E-state index in [0.717, 1.165) is 12.0 Å². The van der Waals surface area contributed by atoms with Crippen molar-refractivity contribution in [2.24, 2.45) is 5.92 Å². The molecule has 0 aromatic carbocycles. The van der Waals surface area contributed by atoms with Gasteiger partial charge in [-0.25, -0.2) is 0 Å². The van der Waals surface area contributed by atoms with Gasteiger partial charge >= 0.3 is 0 Å². The lowest BCUT2D eigenvalue weighted by atomic mass is 9.81. The molecule has 1 aliphatic heterocycles. The quantitative estimate of drug-likeness (QED) is 0.540. The Morgan fingerprint density at radius 3 is 2.40 bits per heavy atom. The predicted octanol–water partition coefficient (Wildman–Crippen LogP) is 1.93. The molecule has 1 saturated carbocycles. The molecular formula is C9H17N. The van der Waals surface area contributed by atoms with Crippen LogP contribution in [0, 0.1) is 5.92 Å². The molecule has 1 saturated heterocycles. The number of nitrogens with one attached hydrogen (secondary N) is 1. The Labute approximate surface area is 63.2 Å². The highest BCUT2D eigenvalue weighted by Gasteiger charge is 2.29. The van der Waals surface area contributed by atoms with Gasteiger partial charge in [0.1, 0.15) is 0 Å². The molecular weight excluding hydrogens is 122 g/mol. The van der Waals surface area contributed by atoms with Crippen molar-refractivity contribution in [1.29, 1.82) is 0 Å². The molecule has 2 aliphatic rings. The molecule has 2 atom stereocenters. The fraction of sp³-hybridized carbons (Fsp3) is 1.00. The third kappa shape index (κ3) is 1.20. The fourth-order valence-corrected chi connectivity index (χ4v) is 2.22. The monoisotopic (exact) mass is 139 g/mol. The Kier molecular flexibility index (Phi) is 1.94. The van der Waals surface area contributed by atoms with Crippen LogP contribution in [0.4, 0.5) is 0 Å². The van der Waals surface area contributed by atoms with Crippen LogP contribution in [0.15, 0.2) is 0 Å². The van der Waals surface area contributed by atoms with E-state index in [1.54, 1.807) is 0 Å². The first-order valence-corrected chi connectivity index (χ1v) is 4.70. The first-order chi connectivity index (χ1) is 4.97. The lowest BCUT2D eigenvalue weighted by molar-refractivity contribution is 0.186. The molecule has 0 aromatic rings. The van der Waals surface area contributed by atoms with E-state index in [2.05, 4.69) is 5.32 Å². The van der Waals surface area contributed by atoms with Gasteiger partial charge in [0.25, 0.3) is 0 Å². The minimum Gasteiger partial charge on any atom is -0.313 e. The molecule has 1 nitrogen and oxygen atoms in total. The van der Waals surface area contributed by atoms with Gasteiger partial charge in [0, 0.05) is 6.04 Å². The molecule has 0 spiro atoms. The summed E-state index contributed by atoms with van der Waals surface area (Å²) >= 11 is 0. The van der Waals surface area contributed by atoms with Crippen LogP contribution in [0.2, 0.25) is 0 Å². The Balaban J connectivity index is 1.83. The summed E-state index contributed by atoms with van der Waals surface area (Å²) in [5.41, 5.74) is 0. The van der Waals surface area contributed by atoms with E-state index >= 15 is 0 Å². The van der Waals surface area contributed by atoms with Crippen LogP contribution in [0.1, 0.15) is 38.5 Å². The Morgan fingerprint density at radius 2 is 1.70 bits per heavy atom. The zero-order valence-corrected chi connectivity index (χ0v) is 6.60. The van der Waals surface area contributed by atoms with Crippen LogP contribution < -0.4 is 5.32 Å². The highest BCUT2D eigenvalue weighted by atomic mass is 15.0. The molecule has 10 heavy (non-hydrogen) atoms. The summed E-state index contributed by atoms with van der Waals surface area (Å²) in [7, 11) is 0. The third-order valence-corrected chi connectivity index (χ3v) is 3.05. The molecule has 1 heteroatoms. The summed E-state index contributed by atoms with van der Waals surface area (Å²) < 4.78 is 0. The molecule has 0 amide bonds. The van der Waals surface area contributed by atoms with Gasteiger partial charge in [-0.1, -0.05) is 25.7 Å². The van der Waals surface area contributed by atoms with Crippen molar-refractivity contribution in [3.8, 4) is 0 Å². The number of fused-ring (bicyclic) bond motifs is 1. The van der Waals surface area contributed by atoms with E-state index < -0.39 is 0 Å². The van der Waals surface area contributed by atoms with Gasteiger partial charge in [-0.05, 0) is 25.3 Å². The number of hydrogen-bond donors (Lipinski definition) is 1. The molecule has 0 unspecified atom stereocenters. The van der Waals surface area contributed by atoms with Crippen molar-refractivity contribution in [3.05, 3.63) is 0 Å². The predicted molar refractivity (Wildman–Crippen MR) is 43.0 cm³/mol. The van der Waals surface area contributed by atoms with Crippen LogP contribution in [-0.4, -0.2) is 12.6 Å². The molecule has 1 N–H and O–H groups in total. The van der Waals surface area contributed by atoms with Gasteiger partial charge in [0.05, 0.1) is 0 Å². The van der Waals surface area contributed by atoms with Gasteiger partial charge in [-0.3, -0.25) is 0 Å². The second-order valence-corrected chi connectivity index (χ2v) is 3.77. The Morgan fingerprint density at radius 1 is 0.900 bits per heavy atom. The maximum Gasteiger partial charge on any atom is 0.0108 e. The smallest absolute Gasteiger partial charge is 0.0108 e. The highest BCUT2D eigenvalue weighted by Crippen LogP contribution is 2.27. The van der Waals surface area contributed by atoms with Crippen molar-refractivity contribution in [1.82, 2.24) is 5.32 Å². The van der Waals surface area contributed by atoms with Gasteiger partial charge in [0.2, 0.25) is 0 Å². The molecule has 2 rings (SSSR count). The van der Waals surface area contributed by atoms with Crippen molar-refractivity contribution in [3.63, 3.8) is 0 Å². The lowest BCUT2D eigenvalue weighted by Crippen LogP contribution is -2.52. The average Bonchev–Trinajstić information content (AvgIpc) is 1.89. The van der Waals surface area contributed by atoms with Crippen LogP contribution >= 0.6 is 0 Å². The van der Waals surface area contributed by atoms with Crippen molar-refractivity contribution in [2.75, 3.05) is 6.54 Å². The molecule has 1 heterocycles. The largest absolute Gasteiger partial charge is 0.313 e. The van der Waals surface area contributed by atoms with Crippen molar-refractivity contribution < 1.29 is 0 Å². The standard InChI is InChI=1S/C9H17N/c1-2-4-6-9-8(5-3-1)7-10-9/h8-10H,1-7H2/t8-,9+/m0/s1. The molecule has 2 fully saturated rings. The second kappa shape index (κ2) is 2.91. The zero-order valence-electron chi connectivity index (χ0n) is 6.60. The summed E-state index contributed by atoms with van der Waals surface area (Å²) in [4.78, 5) is 0. The van der Waals surface area contributed by atoms with Crippen LogP contribution in [-0.2, 0) is 0 Å². The van der Waals surface area contributed by atoms with E-state index in [-0.39, 0.29) is 0 Å². The van der Waals surface area contributed by atoms with Gasteiger partial charge in [-0.15, -0.1) is 0 Å². The average molecular weight is 139 g/mol. The maximum absolute atomic E-state index is 3.52. The van der Waals surface area contributed by atoms with Crippen molar-refractivity contribution in [2.45, 2.75) is 44.6 Å². The van der Waals surface area contributed by atoms with E-state index in [1.807, 2.05) is 0 Å². The Bertz CT molecular complexity index is 97.3. The molecule has 0 bridgehead atoms. The number of hydrogen-bond acceptors (Lipinski definition) is 1. The molecule has 0 radical (unpaired) electrons. The molecule has 58 valence electrons. The zero-order chi connectivity index (χ0) is 6.81. The SMILES string of the molecule is C1CCC[C@H]2NC[C@@H]2CC1. The van der Waals surface area contributed by atoms with Gasteiger partial charge in [-0.2, -0.15) is 0 Å². The maximum atomic E-state index is 3.52. The first kappa shape index (κ1) is 6.66. The van der Waals surface area contributed by atoms with Crippen LogP contribution in [0.25, 0.3) is 0 Å². The minimum absolute atomic E-state index is 0.917. The molecule has 0 aromatic heterocycles. The van der Waals surface area contributed by atoms with E-state index in [1.165, 1.54) is 45.1 Å². The van der Waals surface area contributed by atoms with E-state index in [4.69, 9.17) is 0 Å². The van der Waals surface area contributed by atoms with Crippen molar-refractivity contribution >= 4 is 0 Å². The van der Waals surface area contributed by atoms with E-state index in [9.17, 15) is 0 Å². The summed E-state index contributed by atoms with van der Waals surface area (Å²) in [5, 5.41) is 3.52. The summed E-state index contributed by atoms with van der Waals surface area (Å²) in [6.45, 7) is 1.31. The molecule has 1 aliphatic carbocycles. The first-order valence-electron chi connectivity index (χ1n) is 4.70. The summed E-state index contributed by atoms with van der Waals surface area (Å²) in [6.07, 6.45) is 8.87. The van der Waals surface area contributed by atoms with Gasteiger partial charge < -0.3 is 5.32 Å². The topological polar surface area (TPSA) is 12.0 Å². The number of rotatable bonds is 0. The van der Waals surface area contributed by atoms with Gasteiger partial charge in [0.15, 0.2) is 0 Å². The Hall–Kier alpha value is -0.0400. The second-order valence-electron chi connectivity index (χ2n) is 3.77. The van der Waals surface area contributed by atoms with Crippen LogP contribution in [0.5, 0.6) is 0 Å².